The van der Waals surface area contributed by atoms with Crippen molar-refractivity contribution in [3.05, 3.63) is 74.3 Å². The second kappa shape index (κ2) is 8.56. The van der Waals surface area contributed by atoms with Crippen LogP contribution in [0.1, 0.15) is 16.7 Å². The third-order valence-corrected chi connectivity index (χ3v) is 4.76. The van der Waals surface area contributed by atoms with Crippen LogP contribution >= 0.6 is 11.6 Å². The summed E-state index contributed by atoms with van der Waals surface area (Å²) in [7, 11) is 0. The molecule has 0 radical (unpaired) electrons. The first-order valence-corrected chi connectivity index (χ1v) is 9.12. The molecule has 11 heteroatoms. The SMILES string of the molecule is O=C(O)Oc1cn(CCO)c2c(C(F)(F)F)cc(Cc3cccc(Cl)c3F)cc2c1=O. The monoisotopic (exact) mass is 459 g/mol. The average molecular weight is 460 g/mol. The van der Waals surface area contributed by atoms with E-state index in [1.54, 1.807) is 0 Å². The fourth-order valence-corrected chi connectivity index (χ4v) is 3.44. The second-order valence-corrected chi connectivity index (χ2v) is 6.94. The number of halogens is 5. The fourth-order valence-electron chi connectivity index (χ4n) is 3.25. The predicted molar refractivity (Wildman–Crippen MR) is 103 cm³/mol. The first-order valence-electron chi connectivity index (χ1n) is 8.74. The van der Waals surface area contributed by atoms with Gasteiger partial charge in [0, 0.05) is 13.0 Å². The van der Waals surface area contributed by atoms with Gasteiger partial charge < -0.3 is 19.5 Å². The van der Waals surface area contributed by atoms with E-state index in [1.165, 1.54) is 18.2 Å². The molecule has 6 nitrogen and oxygen atoms in total. The number of benzene rings is 2. The molecule has 2 aromatic carbocycles. The van der Waals surface area contributed by atoms with E-state index in [1.807, 2.05) is 0 Å². The number of alkyl halides is 3. The van der Waals surface area contributed by atoms with Gasteiger partial charge in [0.2, 0.25) is 5.43 Å². The van der Waals surface area contributed by atoms with Gasteiger partial charge in [-0.25, -0.2) is 9.18 Å². The molecule has 0 spiro atoms. The van der Waals surface area contributed by atoms with E-state index in [4.69, 9.17) is 16.7 Å². The van der Waals surface area contributed by atoms with E-state index >= 15 is 0 Å². The lowest BCUT2D eigenvalue weighted by Crippen LogP contribution is -2.20. The summed E-state index contributed by atoms with van der Waals surface area (Å²) in [6.07, 6.45) is -6.25. The van der Waals surface area contributed by atoms with Crippen LogP contribution in [0.15, 0.2) is 41.3 Å². The molecule has 0 bridgehead atoms. The number of aromatic nitrogens is 1. The number of carboxylic acid groups (broad SMARTS) is 1. The van der Waals surface area contributed by atoms with Crippen LogP contribution in [0.25, 0.3) is 10.9 Å². The zero-order valence-electron chi connectivity index (χ0n) is 15.5. The molecule has 164 valence electrons. The first kappa shape index (κ1) is 22.6. The fraction of sp³-hybridized carbons (Fsp3) is 0.200. The highest BCUT2D eigenvalue weighted by Crippen LogP contribution is 2.36. The van der Waals surface area contributed by atoms with Crippen molar-refractivity contribution in [2.45, 2.75) is 19.1 Å². The summed E-state index contributed by atoms with van der Waals surface area (Å²) in [5, 5.41) is 17.4. The van der Waals surface area contributed by atoms with Gasteiger partial charge in [0.25, 0.3) is 0 Å². The summed E-state index contributed by atoms with van der Waals surface area (Å²) >= 11 is 5.72. The third kappa shape index (κ3) is 4.64. The molecule has 0 aliphatic carbocycles. The van der Waals surface area contributed by atoms with Crippen molar-refractivity contribution < 1.29 is 37.3 Å². The summed E-state index contributed by atoms with van der Waals surface area (Å²) in [6.45, 7) is -0.949. The van der Waals surface area contributed by atoms with Crippen molar-refractivity contribution in [1.82, 2.24) is 4.57 Å². The number of aliphatic hydroxyl groups excluding tert-OH is 1. The van der Waals surface area contributed by atoms with E-state index < -0.39 is 52.4 Å². The van der Waals surface area contributed by atoms with Crippen LogP contribution in [-0.4, -0.2) is 27.5 Å². The van der Waals surface area contributed by atoms with E-state index in [0.29, 0.717) is 0 Å². The Morgan fingerprint density at radius 3 is 2.55 bits per heavy atom. The van der Waals surface area contributed by atoms with Gasteiger partial charge in [0.15, 0.2) is 5.75 Å². The topological polar surface area (TPSA) is 88.8 Å². The Hall–Kier alpha value is -3.11. The van der Waals surface area contributed by atoms with Crippen LogP contribution in [0.2, 0.25) is 5.02 Å². The Morgan fingerprint density at radius 2 is 1.94 bits per heavy atom. The van der Waals surface area contributed by atoms with Gasteiger partial charge in [-0.05, 0) is 29.3 Å². The summed E-state index contributed by atoms with van der Waals surface area (Å²) in [5.41, 5.74) is -2.89. The molecule has 0 amide bonds. The lowest BCUT2D eigenvalue weighted by Gasteiger charge is -2.18. The molecule has 31 heavy (non-hydrogen) atoms. The van der Waals surface area contributed by atoms with Crippen molar-refractivity contribution in [3.8, 4) is 5.75 Å². The average Bonchev–Trinajstić information content (AvgIpc) is 2.67. The minimum atomic E-state index is -4.90. The summed E-state index contributed by atoms with van der Waals surface area (Å²) in [5.74, 6) is -1.54. The van der Waals surface area contributed by atoms with E-state index in [-0.39, 0.29) is 29.1 Å². The maximum Gasteiger partial charge on any atom is 0.511 e. The Labute approximate surface area is 176 Å². The maximum absolute atomic E-state index is 14.3. The minimum absolute atomic E-state index is 0.00796. The van der Waals surface area contributed by atoms with Gasteiger partial charge in [-0.2, -0.15) is 13.2 Å². The summed E-state index contributed by atoms with van der Waals surface area (Å²) in [6, 6.07) is 5.93. The zero-order chi connectivity index (χ0) is 22.9. The Kier molecular flexibility index (Phi) is 6.23. The predicted octanol–water partition coefficient (Wildman–Crippen LogP) is 4.45. The molecule has 0 aliphatic rings. The third-order valence-electron chi connectivity index (χ3n) is 4.47. The summed E-state index contributed by atoms with van der Waals surface area (Å²) < 4.78 is 61.1. The van der Waals surface area contributed by atoms with Crippen LogP contribution in [0.5, 0.6) is 5.75 Å². The Balaban J connectivity index is 2.33. The number of hydrogen-bond acceptors (Lipinski definition) is 4. The van der Waals surface area contributed by atoms with E-state index in [9.17, 15) is 32.3 Å². The highest BCUT2D eigenvalue weighted by atomic mass is 35.5. The van der Waals surface area contributed by atoms with Gasteiger partial charge in [0.05, 0.1) is 34.3 Å². The normalized spacial score (nSPS) is 11.7. The van der Waals surface area contributed by atoms with Gasteiger partial charge in [-0.3, -0.25) is 4.79 Å². The van der Waals surface area contributed by atoms with E-state index in [0.717, 1.165) is 22.9 Å². The zero-order valence-corrected chi connectivity index (χ0v) is 16.3. The van der Waals surface area contributed by atoms with Crippen LogP contribution in [0.3, 0.4) is 0 Å². The lowest BCUT2D eigenvalue weighted by atomic mass is 9.98. The van der Waals surface area contributed by atoms with Crippen molar-refractivity contribution in [2.75, 3.05) is 6.61 Å². The number of carbonyl (C=O) groups is 1. The van der Waals surface area contributed by atoms with Gasteiger partial charge in [0.1, 0.15) is 5.82 Å². The molecular formula is C20H14ClF4NO5. The molecule has 0 saturated carbocycles. The van der Waals surface area contributed by atoms with Crippen molar-refractivity contribution in [2.24, 2.45) is 0 Å². The maximum atomic E-state index is 14.3. The first-order chi connectivity index (χ1) is 14.5. The van der Waals surface area contributed by atoms with Gasteiger partial charge >= 0.3 is 12.3 Å². The highest BCUT2D eigenvalue weighted by molar-refractivity contribution is 6.30. The van der Waals surface area contributed by atoms with Crippen LogP contribution in [-0.2, 0) is 19.1 Å². The minimum Gasteiger partial charge on any atom is -0.449 e. The van der Waals surface area contributed by atoms with Crippen molar-refractivity contribution >= 4 is 28.7 Å². The number of hydrogen-bond donors (Lipinski definition) is 2. The number of nitrogens with zero attached hydrogens (tertiary/aromatic N) is 1. The van der Waals surface area contributed by atoms with Crippen LogP contribution < -0.4 is 10.2 Å². The molecular weight excluding hydrogens is 446 g/mol. The molecule has 1 aromatic heterocycles. The van der Waals surface area contributed by atoms with Crippen molar-refractivity contribution in [1.29, 1.82) is 0 Å². The molecule has 1 heterocycles. The molecule has 0 unspecified atom stereocenters. The molecule has 0 fully saturated rings. The molecule has 2 N–H and O–H groups in total. The van der Waals surface area contributed by atoms with Gasteiger partial charge in [-0.15, -0.1) is 0 Å². The Bertz CT molecular complexity index is 1220. The standard InChI is InChI=1S/C20H14ClF4NO5/c21-14-3-1-2-11(16(14)22)6-10-7-12-17(13(8-10)20(23,24)25)26(4-5-27)9-15(18(12)28)31-19(29)30/h1-3,7-9,27H,4-6H2,(H,29,30). The number of pyridine rings is 1. The molecule has 3 aromatic rings. The second-order valence-electron chi connectivity index (χ2n) is 6.53. The van der Waals surface area contributed by atoms with Crippen LogP contribution in [0, 0.1) is 5.82 Å². The molecule has 0 aliphatic heterocycles. The molecule has 0 atom stereocenters. The number of fused-ring (bicyclic) bond motifs is 1. The van der Waals surface area contributed by atoms with E-state index in [2.05, 4.69) is 4.74 Å². The van der Waals surface area contributed by atoms with Gasteiger partial charge in [-0.1, -0.05) is 23.7 Å². The largest absolute Gasteiger partial charge is 0.511 e. The molecule has 3 rings (SSSR count). The lowest BCUT2D eigenvalue weighted by molar-refractivity contribution is -0.136. The quantitative estimate of drug-likeness (QED) is 0.434. The number of rotatable bonds is 5. The Morgan fingerprint density at radius 1 is 1.23 bits per heavy atom. The highest BCUT2D eigenvalue weighted by Gasteiger charge is 2.35. The number of aliphatic hydroxyl groups is 1. The number of ether oxygens (including phenoxy) is 1. The molecule has 0 saturated heterocycles. The van der Waals surface area contributed by atoms with Crippen LogP contribution in [0.4, 0.5) is 22.4 Å². The van der Waals surface area contributed by atoms with Crippen molar-refractivity contribution in [3.63, 3.8) is 0 Å². The smallest absolute Gasteiger partial charge is 0.449 e. The summed E-state index contributed by atoms with van der Waals surface area (Å²) in [4.78, 5) is 23.6.